The molecule has 0 saturated heterocycles. The van der Waals surface area contributed by atoms with Crippen LogP contribution in [-0.4, -0.2) is 36.4 Å². The highest BCUT2D eigenvalue weighted by Crippen LogP contribution is 2.18. The molecule has 0 spiro atoms. The lowest BCUT2D eigenvalue weighted by atomic mass is 9.92. The van der Waals surface area contributed by atoms with Gasteiger partial charge in [0, 0.05) is 24.2 Å². The molecule has 2 amide bonds. The maximum atomic E-state index is 11.6. The molecular formula is C28H40N4O4. The zero-order chi connectivity index (χ0) is 25.6. The summed E-state index contributed by atoms with van der Waals surface area (Å²) in [5.41, 5.74) is 13.6. The van der Waals surface area contributed by atoms with Gasteiger partial charge in [0.2, 0.25) is 0 Å². The molecule has 2 aromatic rings. The normalized spacial score (nSPS) is 23.4. The first kappa shape index (κ1) is 27.5. The average molecular weight is 497 g/mol. The summed E-state index contributed by atoms with van der Waals surface area (Å²) < 4.78 is 10.4. The fraction of sp³-hybridized carbons (Fsp3) is 0.500. The van der Waals surface area contributed by atoms with E-state index in [0.717, 1.165) is 62.5 Å². The van der Waals surface area contributed by atoms with Crippen LogP contribution in [0.25, 0.3) is 0 Å². The van der Waals surface area contributed by atoms with Crippen molar-refractivity contribution in [1.82, 2.24) is 10.6 Å². The van der Waals surface area contributed by atoms with E-state index in [9.17, 15) is 9.59 Å². The summed E-state index contributed by atoms with van der Waals surface area (Å²) in [5, 5.41) is 5.79. The lowest BCUT2D eigenvalue weighted by molar-refractivity contribution is 0.131. The van der Waals surface area contributed by atoms with Crippen LogP contribution in [0.2, 0.25) is 0 Å². The molecule has 36 heavy (non-hydrogen) atoms. The molecule has 0 radical (unpaired) electrons. The molecule has 2 saturated carbocycles. The third kappa shape index (κ3) is 10.7. The maximum Gasteiger partial charge on any atom is 0.407 e. The number of hydrogen-bond acceptors (Lipinski definition) is 6. The molecule has 2 fully saturated rings. The Kier molecular flexibility index (Phi) is 11.5. The molecule has 2 aliphatic carbocycles. The SMILES string of the molecule is NC1CCC(NC(=O)OCc2ccccc2)CC1.NC1CCC(NC(=O)OCc2ccccc2)CC1. The number of carbonyl (C=O) groups is 2. The summed E-state index contributed by atoms with van der Waals surface area (Å²) >= 11 is 0. The number of rotatable bonds is 6. The Balaban J connectivity index is 0.000000201. The Morgan fingerprint density at radius 1 is 0.611 bits per heavy atom. The van der Waals surface area contributed by atoms with E-state index in [1.165, 1.54) is 0 Å². The summed E-state index contributed by atoms with van der Waals surface area (Å²) in [7, 11) is 0. The minimum absolute atomic E-state index is 0.216. The zero-order valence-electron chi connectivity index (χ0n) is 20.9. The maximum absolute atomic E-state index is 11.6. The van der Waals surface area contributed by atoms with E-state index < -0.39 is 0 Å². The molecule has 4 rings (SSSR count). The van der Waals surface area contributed by atoms with Gasteiger partial charge < -0.3 is 31.6 Å². The summed E-state index contributed by atoms with van der Waals surface area (Å²) in [6.07, 6.45) is 7.02. The zero-order valence-corrected chi connectivity index (χ0v) is 20.9. The molecule has 0 aliphatic heterocycles. The molecule has 8 heteroatoms. The van der Waals surface area contributed by atoms with Gasteiger partial charge >= 0.3 is 12.2 Å². The van der Waals surface area contributed by atoms with Crippen LogP contribution in [0.3, 0.4) is 0 Å². The van der Waals surface area contributed by atoms with Crippen molar-refractivity contribution >= 4 is 12.2 Å². The number of amides is 2. The van der Waals surface area contributed by atoms with Crippen LogP contribution in [0, 0.1) is 0 Å². The van der Waals surface area contributed by atoms with Gasteiger partial charge in [-0.25, -0.2) is 9.59 Å². The van der Waals surface area contributed by atoms with Crippen molar-refractivity contribution in [3.05, 3.63) is 71.8 Å². The predicted molar refractivity (Wildman–Crippen MR) is 140 cm³/mol. The van der Waals surface area contributed by atoms with Crippen molar-refractivity contribution in [2.24, 2.45) is 11.5 Å². The summed E-state index contributed by atoms with van der Waals surface area (Å²) in [6, 6.07) is 20.4. The van der Waals surface area contributed by atoms with Crippen molar-refractivity contribution in [2.75, 3.05) is 0 Å². The van der Waals surface area contributed by atoms with Crippen LogP contribution < -0.4 is 22.1 Å². The quantitative estimate of drug-likeness (QED) is 0.470. The Labute approximate surface area is 214 Å². The second-order valence-corrected chi connectivity index (χ2v) is 9.64. The van der Waals surface area contributed by atoms with Crippen LogP contribution in [0.4, 0.5) is 9.59 Å². The van der Waals surface area contributed by atoms with Gasteiger partial charge in [0.25, 0.3) is 0 Å². The third-order valence-electron chi connectivity index (χ3n) is 6.61. The van der Waals surface area contributed by atoms with E-state index >= 15 is 0 Å². The largest absolute Gasteiger partial charge is 0.445 e. The van der Waals surface area contributed by atoms with Crippen LogP contribution >= 0.6 is 0 Å². The number of nitrogens with two attached hydrogens (primary N) is 2. The number of nitrogens with one attached hydrogen (secondary N) is 2. The number of hydrogen-bond donors (Lipinski definition) is 4. The van der Waals surface area contributed by atoms with Gasteiger partial charge in [-0.1, -0.05) is 60.7 Å². The van der Waals surface area contributed by atoms with E-state index in [-0.39, 0.29) is 24.3 Å². The van der Waals surface area contributed by atoms with Gasteiger partial charge in [0.1, 0.15) is 13.2 Å². The lowest BCUT2D eigenvalue weighted by Crippen LogP contribution is -2.40. The van der Waals surface area contributed by atoms with Gasteiger partial charge in [0.05, 0.1) is 0 Å². The molecule has 6 N–H and O–H groups in total. The molecule has 0 atom stereocenters. The highest BCUT2D eigenvalue weighted by molar-refractivity contribution is 5.68. The summed E-state index contributed by atoms with van der Waals surface area (Å²) in [5.74, 6) is 0. The first-order valence-electron chi connectivity index (χ1n) is 12.9. The third-order valence-corrected chi connectivity index (χ3v) is 6.61. The number of benzene rings is 2. The van der Waals surface area contributed by atoms with Crippen LogP contribution in [0.5, 0.6) is 0 Å². The van der Waals surface area contributed by atoms with Crippen molar-refractivity contribution in [3.8, 4) is 0 Å². The van der Waals surface area contributed by atoms with Gasteiger partial charge in [-0.3, -0.25) is 0 Å². The molecule has 8 nitrogen and oxygen atoms in total. The standard InChI is InChI=1S/2C14H20N2O2/c2*15-12-6-8-13(9-7-12)16-14(17)18-10-11-4-2-1-3-5-11/h2*1-5,12-13H,6-10,15H2,(H,16,17). The average Bonchev–Trinajstić information content (AvgIpc) is 2.91. The predicted octanol–water partition coefficient (Wildman–Crippen LogP) is 4.37. The van der Waals surface area contributed by atoms with Crippen molar-refractivity contribution < 1.29 is 19.1 Å². The molecule has 2 aromatic carbocycles. The Morgan fingerprint density at radius 3 is 1.28 bits per heavy atom. The second kappa shape index (κ2) is 15.1. The van der Waals surface area contributed by atoms with Gasteiger partial charge in [-0.05, 0) is 62.5 Å². The monoisotopic (exact) mass is 496 g/mol. The van der Waals surface area contributed by atoms with E-state index in [1.807, 2.05) is 60.7 Å². The Bertz CT molecular complexity index is 821. The van der Waals surface area contributed by atoms with Crippen LogP contribution in [-0.2, 0) is 22.7 Å². The highest BCUT2D eigenvalue weighted by atomic mass is 16.6. The Hall–Kier alpha value is -3.10. The first-order chi connectivity index (χ1) is 17.5. The number of alkyl carbamates (subject to hydrolysis) is 2. The molecule has 0 heterocycles. The topological polar surface area (TPSA) is 129 Å². The second-order valence-electron chi connectivity index (χ2n) is 9.64. The lowest BCUT2D eigenvalue weighted by Gasteiger charge is -2.26. The molecule has 2 aliphatic rings. The van der Waals surface area contributed by atoms with E-state index in [0.29, 0.717) is 25.3 Å². The van der Waals surface area contributed by atoms with Crippen molar-refractivity contribution in [3.63, 3.8) is 0 Å². The minimum atomic E-state index is -0.334. The van der Waals surface area contributed by atoms with Crippen LogP contribution in [0.1, 0.15) is 62.5 Å². The minimum Gasteiger partial charge on any atom is -0.445 e. The number of carbonyl (C=O) groups excluding carboxylic acids is 2. The van der Waals surface area contributed by atoms with Crippen molar-refractivity contribution in [2.45, 2.75) is 88.7 Å². The van der Waals surface area contributed by atoms with Gasteiger partial charge in [-0.15, -0.1) is 0 Å². The fourth-order valence-electron chi connectivity index (χ4n) is 4.39. The number of ether oxygens (including phenoxy) is 2. The first-order valence-corrected chi connectivity index (χ1v) is 12.9. The highest BCUT2D eigenvalue weighted by Gasteiger charge is 2.21. The van der Waals surface area contributed by atoms with E-state index in [4.69, 9.17) is 20.9 Å². The smallest absolute Gasteiger partial charge is 0.407 e. The van der Waals surface area contributed by atoms with E-state index in [1.54, 1.807) is 0 Å². The molecule has 196 valence electrons. The van der Waals surface area contributed by atoms with Gasteiger partial charge in [-0.2, -0.15) is 0 Å². The van der Waals surface area contributed by atoms with Gasteiger partial charge in [0.15, 0.2) is 0 Å². The molecule has 0 bridgehead atoms. The van der Waals surface area contributed by atoms with E-state index in [2.05, 4.69) is 10.6 Å². The molecular weight excluding hydrogens is 456 g/mol. The van der Waals surface area contributed by atoms with Crippen molar-refractivity contribution in [1.29, 1.82) is 0 Å². The molecule has 0 aromatic heterocycles. The summed E-state index contributed by atoms with van der Waals surface area (Å²) in [6.45, 7) is 0.637. The van der Waals surface area contributed by atoms with Crippen LogP contribution in [0.15, 0.2) is 60.7 Å². The summed E-state index contributed by atoms with van der Waals surface area (Å²) in [4.78, 5) is 23.2. The molecule has 0 unspecified atom stereocenters. The Morgan fingerprint density at radius 2 is 0.944 bits per heavy atom. The fourth-order valence-corrected chi connectivity index (χ4v) is 4.39.